The van der Waals surface area contributed by atoms with Crippen molar-refractivity contribution in [1.29, 1.82) is 0 Å². The maximum atomic E-state index is 12.4. The Bertz CT molecular complexity index is 740. The standard InChI is InChI=1S/C15H18N2O4S2/c1-3-17(23(19,20)15-5-4-10-22-15)11-14(18)16-12-6-8-13(21-2)9-7-12/h4-10H,3,11H2,1-2H3,(H,16,18). The maximum Gasteiger partial charge on any atom is 0.253 e. The Kier molecular flexibility index (Phi) is 5.75. The summed E-state index contributed by atoms with van der Waals surface area (Å²) in [6.07, 6.45) is 0. The van der Waals surface area contributed by atoms with Gasteiger partial charge in [0.1, 0.15) is 9.96 Å². The molecule has 8 heteroatoms. The largest absolute Gasteiger partial charge is 0.497 e. The van der Waals surface area contributed by atoms with Crippen molar-refractivity contribution in [2.45, 2.75) is 11.1 Å². The van der Waals surface area contributed by atoms with E-state index in [9.17, 15) is 13.2 Å². The smallest absolute Gasteiger partial charge is 0.253 e. The lowest BCUT2D eigenvalue weighted by molar-refractivity contribution is -0.116. The number of carbonyl (C=O) groups excluding carboxylic acids is 1. The number of sulfonamides is 1. The molecular weight excluding hydrogens is 336 g/mol. The van der Waals surface area contributed by atoms with Crippen LogP contribution in [0.5, 0.6) is 5.75 Å². The topological polar surface area (TPSA) is 75.7 Å². The van der Waals surface area contributed by atoms with Crippen molar-refractivity contribution in [2.24, 2.45) is 0 Å². The van der Waals surface area contributed by atoms with E-state index in [0.717, 1.165) is 15.6 Å². The van der Waals surface area contributed by atoms with Gasteiger partial charge in [0.05, 0.1) is 13.7 Å². The molecule has 23 heavy (non-hydrogen) atoms. The van der Waals surface area contributed by atoms with Crippen LogP contribution in [0.2, 0.25) is 0 Å². The number of carbonyl (C=O) groups is 1. The lowest BCUT2D eigenvalue weighted by Crippen LogP contribution is -2.37. The van der Waals surface area contributed by atoms with Crippen molar-refractivity contribution >= 4 is 33.0 Å². The normalized spacial score (nSPS) is 11.4. The van der Waals surface area contributed by atoms with Crippen molar-refractivity contribution in [3.05, 3.63) is 41.8 Å². The van der Waals surface area contributed by atoms with Gasteiger partial charge in [0.25, 0.3) is 10.0 Å². The minimum atomic E-state index is -3.63. The highest BCUT2D eigenvalue weighted by Gasteiger charge is 2.26. The molecule has 6 nitrogen and oxygen atoms in total. The van der Waals surface area contributed by atoms with Crippen LogP contribution in [-0.4, -0.2) is 38.8 Å². The Hall–Kier alpha value is -1.90. The van der Waals surface area contributed by atoms with E-state index in [-0.39, 0.29) is 17.3 Å². The first-order valence-corrected chi connectivity index (χ1v) is 9.27. The number of likely N-dealkylation sites (N-methyl/N-ethyl adjacent to an activating group) is 1. The number of nitrogens with one attached hydrogen (secondary N) is 1. The predicted molar refractivity (Wildman–Crippen MR) is 90.4 cm³/mol. The summed E-state index contributed by atoms with van der Waals surface area (Å²) in [6, 6.07) is 10.0. The quantitative estimate of drug-likeness (QED) is 0.828. The Balaban J connectivity index is 2.05. The number of anilines is 1. The van der Waals surface area contributed by atoms with Crippen LogP contribution in [0.3, 0.4) is 0 Å². The number of hydrogen-bond acceptors (Lipinski definition) is 5. The molecule has 1 aromatic heterocycles. The molecule has 1 amide bonds. The zero-order valence-electron chi connectivity index (χ0n) is 12.9. The number of methoxy groups -OCH3 is 1. The van der Waals surface area contributed by atoms with Crippen molar-refractivity contribution in [1.82, 2.24) is 4.31 Å². The number of ether oxygens (including phenoxy) is 1. The minimum absolute atomic E-state index is 0.219. The third-order valence-electron chi connectivity index (χ3n) is 3.14. The molecule has 2 aromatic rings. The fraction of sp³-hybridized carbons (Fsp3) is 0.267. The molecule has 0 spiro atoms. The van der Waals surface area contributed by atoms with E-state index in [1.165, 1.54) is 6.07 Å². The zero-order chi connectivity index (χ0) is 16.9. The number of nitrogens with zero attached hydrogens (tertiary/aromatic N) is 1. The fourth-order valence-electron chi connectivity index (χ4n) is 1.94. The van der Waals surface area contributed by atoms with Crippen LogP contribution in [0.15, 0.2) is 46.0 Å². The lowest BCUT2D eigenvalue weighted by atomic mass is 10.3. The molecule has 1 aromatic carbocycles. The first-order chi connectivity index (χ1) is 11.0. The zero-order valence-corrected chi connectivity index (χ0v) is 14.5. The first-order valence-electron chi connectivity index (χ1n) is 6.95. The van der Waals surface area contributed by atoms with Gasteiger partial charge in [-0.15, -0.1) is 11.3 Å². The Labute approximate surface area is 139 Å². The molecule has 124 valence electrons. The van der Waals surface area contributed by atoms with Crippen LogP contribution in [0.25, 0.3) is 0 Å². The van der Waals surface area contributed by atoms with Gasteiger partial charge in [-0.1, -0.05) is 13.0 Å². The molecule has 0 atom stereocenters. The molecule has 0 fully saturated rings. The number of thiophene rings is 1. The molecule has 0 radical (unpaired) electrons. The second-order valence-corrected chi connectivity index (χ2v) is 7.75. The third-order valence-corrected chi connectivity index (χ3v) is 6.43. The van der Waals surface area contributed by atoms with Gasteiger partial charge in [-0.2, -0.15) is 4.31 Å². The number of amides is 1. The third kappa shape index (κ3) is 4.31. The van der Waals surface area contributed by atoms with Gasteiger partial charge in [-0.05, 0) is 35.7 Å². The maximum absolute atomic E-state index is 12.4. The van der Waals surface area contributed by atoms with Crippen molar-refractivity contribution < 1.29 is 17.9 Å². The van der Waals surface area contributed by atoms with Gasteiger partial charge in [0.2, 0.25) is 5.91 Å². The van der Waals surface area contributed by atoms with E-state index >= 15 is 0 Å². The molecule has 0 aliphatic carbocycles. The molecular formula is C15H18N2O4S2. The summed E-state index contributed by atoms with van der Waals surface area (Å²) >= 11 is 1.13. The molecule has 0 unspecified atom stereocenters. The van der Waals surface area contributed by atoms with E-state index < -0.39 is 15.9 Å². The molecule has 1 heterocycles. The Morgan fingerprint density at radius 3 is 2.48 bits per heavy atom. The summed E-state index contributed by atoms with van der Waals surface area (Å²) in [5.41, 5.74) is 0.584. The summed E-state index contributed by atoms with van der Waals surface area (Å²) in [5, 5.41) is 4.37. The van der Waals surface area contributed by atoms with Crippen LogP contribution in [0.4, 0.5) is 5.69 Å². The molecule has 0 bridgehead atoms. The van der Waals surface area contributed by atoms with Crippen LogP contribution < -0.4 is 10.1 Å². The van der Waals surface area contributed by atoms with Gasteiger partial charge < -0.3 is 10.1 Å². The van der Waals surface area contributed by atoms with E-state index in [1.54, 1.807) is 49.7 Å². The van der Waals surface area contributed by atoms with E-state index in [4.69, 9.17) is 4.74 Å². The second kappa shape index (κ2) is 7.58. The van der Waals surface area contributed by atoms with Crippen LogP contribution >= 0.6 is 11.3 Å². The van der Waals surface area contributed by atoms with Gasteiger partial charge in [0, 0.05) is 12.2 Å². The van der Waals surface area contributed by atoms with Crippen molar-refractivity contribution in [3.63, 3.8) is 0 Å². The Morgan fingerprint density at radius 1 is 1.26 bits per heavy atom. The second-order valence-electron chi connectivity index (χ2n) is 4.64. The minimum Gasteiger partial charge on any atom is -0.497 e. The highest BCUT2D eigenvalue weighted by atomic mass is 32.2. The van der Waals surface area contributed by atoms with Gasteiger partial charge in [-0.3, -0.25) is 4.79 Å². The monoisotopic (exact) mass is 354 g/mol. The van der Waals surface area contributed by atoms with Gasteiger partial charge in [-0.25, -0.2) is 8.42 Å². The van der Waals surface area contributed by atoms with Crippen LogP contribution in [-0.2, 0) is 14.8 Å². The molecule has 0 aliphatic heterocycles. The summed E-state index contributed by atoms with van der Waals surface area (Å²) in [6.45, 7) is 1.69. The molecule has 0 aliphatic rings. The van der Waals surface area contributed by atoms with E-state index in [0.29, 0.717) is 11.4 Å². The average Bonchev–Trinajstić information content (AvgIpc) is 3.08. The highest BCUT2D eigenvalue weighted by molar-refractivity contribution is 7.91. The van der Waals surface area contributed by atoms with Gasteiger partial charge in [0.15, 0.2) is 0 Å². The summed E-state index contributed by atoms with van der Waals surface area (Å²) in [5.74, 6) is 0.288. The molecule has 1 N–H and O–H groups in total. The van der Waals surface area contributed by atoms with Crippen molar-refractivity contribution in [2.75, 3.05) is 25.5 Å². The summed E-state index contributed by atoms with van der Waals surface area (Å²) in [4.78, 5) is 12.1. The van der Waals surface area contributed by atoms with Gasteiger partial charge >= 0.3 is 0 Å². The highest BCUT2D eigenvalue weighted by Crippen LogP contribution is 2.21. The lowest BCUT2D eigenvalue weighted by Gasteiger charge is -2.19. The summed E-state index contributed by atoms with van der Waals surface area (Å²) in [7, 11) is -2.08. The van der Waals surface area contributed by atoms with E-state index in [2.05, 4.69) is 5.32 Å². The number of rotatable bonds is 7. The van der Waals surface area contributed by atoms with Crippen molar-refractivity contribution in [3.8, 4) is 5.75 Å². The SMILES string of the molecule is CCN(CC(=O)Nc1ccc(OC)cc1)S(=O)(=O)c1cccs1. The van der Waals surface area contributed by atoms with Crippen LogP contribution in [0.1, 0.15) is 6.92 Å². The number of benzene rings is 1. The summed E-state index contributed by atoms with van der Waals surface area (Å²) < 4.78 is 31.3. The predicted octanol–water partition coefficient (Wildman–Crippen LogP) is 2.41. The van der Waals surface area contributed by atoms with E-state index in [1.807, 2.05) is 0 Å². The first kappa shape index (κ1) is 17.5. The van der Waals surface area contributed by atoms with Crippen LogP contribution in [0, 0.1) is 0 Å². The molecule has 0 saturated carbocycles. The average molecular weight is 354 g/mol. The molecule has 0 saturated heterocycles. The number of hydrogen-bond donors (Lipinski definition) is 1. The molecule has 2 rings (SSSR count). The Morgan fingerprint density at radius 2 is 1.96 bits per heavy atom. The fourth-order valence-corrected chi connectivity index (χ4v) is 4.49.